The van der Waals surface area contributed by atoms with Gasteiger partial charge in [-0.15, -0.1) is 35.1 Å². The molecule has 0 aromatic heterocycles. The average Bonchev–Trinajstić information content (AvgIpc) is 3.74. The van der Waals surface area contributed by atoms with Crippen molar-refractivity contribution in [3.63, 3.8) is 0 Å². The molecule has 6 rings (SSSR count). The summed E-state index contributed by atoms with van der Waals surface area (Å²) in [4.78, 5) is 7.02. The Morgan fingerprint density at radius 3 is 2.46 bits per heavy atom. The SMILES string of the molecule is C#CC(/C=C\CC)N(C/C=C\C(=C=CCC)/C1=C\C=C=CC=C=C/C=C(\C2=C=CC=C(C3=C4C=C=CC=NC4=CC=CC3)C=C2)c2ccccc21)c1ccccc1CC(C)C. The number of allylic oxidation sites excluding steroid dienone is 19. The molecular formula is C59H54N2. The number of fused-ring (bicyclic) bond motifs is 2. The first-order valence-corrected chi connectivity index (χ1v) is 21.4. The van der Waals surface area contributed by atoms with Gasteiger partial charge in [-0.3, -0.25) is 4.99 Å². The molecule has 2 aromatic carbocycles. The van der Waals surface area contributed by atoms with Gasteiger partial charge in [-0.1, -0.05) is 113 Å². The molecule has 1 aliphatic heterocycles. The normalized spacial score (nSPS) is 17.7. The Morgan fingerprint density at radius 1 is 0.852 bits per heavy atom. The number of para-hydroxylation sites is 1. The molecule has 2 aromatic rings. The second-order valence-corrected chi connectivity index (χ2v) is 15.1. The molecule has 0 fully saturated rings. The van der Waals surface area contributed by atoms with Crippen molar-refractivity contribution in [2.75, 3.05) is 11.4 Å². The highest BCUT2D eigenvalue weighted by Gasteiger charge is 2.20. The smallest absolute Gasteiger partial charge is 0.109 e. The Hall–Kier alpha value is -7.27. The molecule has 0 N–H and O–H groups in total. The van der Waals surface area contributed by atoms with Gasteiger partial charge in [0, 0.05) is 35.2 Å². The Kier molecular flexibility index (Phi) is 16.2. The molecule has 300 valence electrons. The van der Waals surface area contributed by atoms with Crippen molar-refractivity contribution in [3.05, 3.63) is 249 Å². The number of hydrogen-bond acceptors (Lipinski definition) is 2. The van der Waals surface area contributed by atoms with Crippen molar-refractivity contribution in [3.8, 4) is 12.3 Å². The lowest BCUT2D eigenvalue weighted by atomic mass is 9.86. The summed E-state index contributed by atoms with van der Waals surface area (Å²) in [5.41, 5.74) is 30.0. The molecule has 1 unspecified atom stereocenters. The largest absolute Gasteiger partial charge is 0.350 e. The van der Waals surface area contributed by atoms with E-state index < -0.39 is 0 Å². The topological polar surface area (TPSA) is 15.6 Å². The lowest BCUT2D eigenvalue weighted by molar-refractivity contribution is 0.645. The van der Waals surface area contributed by atoms with E-state index in [1.165, 1.54) is 11.1 Å². The highest BCUT2D eigenvalue weighted by atomic mass is 15.2. The molecule has 1 atom stereocenters. The second kappa shape index (κ2) is 22.8. The van der Waals surface area contributed by atoms with E-state index >= 15 is 0 Å². The summed E-state index contributed by atoms with van der Waals surface area (Å²) in [5, 5.41) is 0. The fourth-order valence-electron chi connectivity index (χ4n) is 7.47. The maximum atomic E-state index is 6.26. The van der Waals surface area contributed by atoms with E-state index in [0.717, 1.165) is 81.6 Å². The van der Waals surface area contributed by atoms with Crippen molar-refractivity contribution < 1.29 is 0 Å². The van der Waals surface area contributed by atoms with Crippen LogP contribution < -0.4 is 4.90 Å². The van der Waals surface area contributed by atoms with E-state index in [1.54, 1.807) is 6.21 Å². The molecule has 0 amide bonds. The zero-order valence-corrected chi connectivity index (χ0v) is 35.9. The fraction of sp³-hybridized carbons (Fsp3) is 0.186. The number of hydrogen-bond donors (Lipinski definition) is 0. The van der Waals surface area contributed by atoms with E-state index in [9.17, 15) is 0 Å². The lowest BCUT2D eigenvalue weighted by Gasteiger charge is -2.30. The van der Waals surface area contributed by atoms with E-state index in [4.69, 9.17) is 6.42 Å². The molecule has 1 heterocycles. The summed E-state index contributed by atoms with van der Waals surface area (Å²) >= 11 is 0. The molecule has 0 bridgehead atoms. The van der Waals surface area contributed by atoms with Crippen LogP contribution in [0, 0.1) is 18.3 Å². The third-order valence-corrected chi connectivity index (χ3v) is 10.3. The van der Waals surface area contributed by atoms with Crippen molar-refractivity contribution in [2.24, 2.45) is 10.9 Å². The van der Waals surface area contributed by atoms with Crippen LogP contribution in [0.25, 0.3) is 11.1 Å². The zero-order chi connectivity index (χ0) is 42.7. The van der Waals surface area contributed by atoms with Crippen LogP contribution in [0.15, 0.2) is 237 Å². The van der Waals surface area contributed by atoms with Crippen LogP contribution in [0.4, 0.5) is 5.69 Å². The first-order chi connectivity index (χ1) is 30.0. The van der Waals surface area contributed by atoms with Crippen molar-refractivity contribution in [2.45, 2.75) is 59.4 Å². The standard InChI is InChI=1S/C59H54N2/c1-6-9-27-47(31-26-44-61(51(8-3)32-10-7-2)59-40-22-17-28-50(59)45-46(4)5)52-33-15-13-11-12-14-16-34-53(56-37-19-18-36-55(52)56)48-29-25-30-49(42-41-48)54-35-20-21-39-58-57(54)38-23-24-43-60-58/h3,9-12,15-22,24-26,28,30-34,36-43,46,51H,6-7,35,44-45H2,1-2,4-5H3/b31-26-,32-10-,52-33+,53-34+. The predicted molar refractivity (Wildman–Crippen MR) is 262 cm³/mol. The maximum Gasteiger partial charge on any atom is 0.109 e. The Morgan fingerprint density at radius 2 is 1.66 bits per heavy atom. The minimum absolute atomic E-state index is 0.202. The number of aliphatic imine (C=N–C) groups is 1. The van der Waals surface area contributed by atoms with Crippen molar-refractivity contribution in [1.82, 2.24) is 0 Å². The van der Waals surface area contributed by atoms with E-state index in [1.807, 2.05) is 42.5 Å². The Labute approximate surface area is 364 Å². The van der Waals surface area contributed by atoms with Gasteiger partial charge in [0.1, 0.15) is 6.04 Å². The average molecular weight is 791 g/mol. The van der Waals surface area contributed by atoms with E-state index in [0.29, 0.717) is 12.5 Å². The van der Waals surface area contributed by atoms with Crippen LogP contribution in [0.3, 0.4) is 0 Å². The second-order valence-electron chi connectivity index (χ2n) is 15.1. The first kappa shape index (κ1) is 43.3. The van der Waals surface area contributed by atoms with Gasteiger partial charge >= 0.3 is 0 Å². The minimum Gasteiger partial charge on any atom is -0.350 e. The molecule has 4 aliphatic rings. The van der Waals surface area contributed by atoms with E-state index in [-0.39, 0.29) is 6.04 Å². The van der Waals surface area contributed by atoms with Gasteiger partial charge in [-0.25, -0.2) is 0 Å². The summed E-state index contributed by atoms with van der Waals surface area (Å²) in [6.45, 7) is 9.41. The highest BCUT2D eigenvalue weighted by Crippen LogP contribution is 2.37. The molecule has 0 saturated heterocycles. The Balaban J connectivity index is 1.42. The number of nitrogens with zero attached hydrogens (tertiary/aromatic N) is 2. The van der Waals surface area contributed by atoms with Crippen LogP contribution in [0.1, 0.15) is 63.6 Å². The predicted octanol–water partition coefficient (Wildman–Crippen LogP) is 14.1. The molecule has 3 aliphatic carbocycles. The molecular weight excluding hydrogens is 737 g/mol. The monoisotopic (exact) mass is 790 g/mol. The van der Waals surface area contributed by atoms with Gasteiger partial charge in [0.2, 0.25) is 0 Å². The number of rotatable bonds is 13. The Bertz CT molecular complexity index is 2680. The first-order valence-electron chi connectivity index (χ1n) is 21.4. The van der Waals surface area contributed by atoms with Crippen LogP contribution in [-0.2, 0) is 6.42 Å². The van der Waals surface area contributed by atoms with Crippen LogP contribution in [0.5, 0.6) is 0 Å². The molecule has 2 heteroatoms. The quantitative estimate of drug-likeness (QED) is 0.0854. The minimum atomic E-state index is -0.202. The van der Waals surface area contributed by atoms with E-state index in [2.05, 4.69) is 200 Å². The van der Waals surface area contributed by atoms with Crippen LogP contribution >= 0.6 is 0 Å². The van der Waals surface area contributed by atoms with Crippen molar-refractivity contribution >= 4 is 23.0 Å². The van der Waals surface area contributed by atoms with Gasteiger partial charge < -0.3 is 4.90 Å². The zero-order valence-electron chi connectivity index (χ0n) is 35.9. The third kappa shape index (κ3) is 11.7. The van der Waals surface area contributed by atoms with Crippen LogP contribution in [-0.4, -0.2) is 18.8 Å². The molecule has 0 saturated carbocycles. The highest BCUT2D eigenvalue weighted by molar-refractivity contribution is 5.94. The molecule has 61 heavy (non-hydrogen) atoms. The summed E-state index contributed by atoms with van der Waals surface area (Å²) in [6, 6.07) is 17.0. The van der Waals surface area contributed by atoms with Gasteiger partial charge in [-0.2, -0.15) is 0 Å². The summed E-state index contributed by atoms with van der Waals surface area (Å²) < 4.78 is 0. The summed E-state index contributed by atoms with van der Waals surface area (Å²) in [7, 11) is 0. The lowest BCUT2D eigenvalue weighted by Crippen LogP contribution is -2.34. The van der Waals surface area contributed by atoms with Gasteiger partial charge in [0.15, 0.2) is 0 Å². The molecule has 0 radical (unpaired) electrons. The van der Waals surface area contributed by atoms with Gasteiger partial charge in [0.25, 0.3) is 0 Å². The van der Waals surface area contributed by atoms with Crippen LogP contribution in [0.2, 0.25) is 0 Å². The molecule has 2 nitrogen and oxygen atoms in total. The fourth-order valence-corrected chi connectivity index (χ4v) is 7.47. The number of benzene rings is 2. The van der Waals surface area contributed by atoms with Crippen molar-refractivity contribution in [1.29, 1.82) is 0 Å². The third-order valence-electron chi connectivity index (χ3n) is 10.3. The number of anilines is 1. The van der Waals surface area contributed by atoms with Gasteiger partial charge in [0.05, 0.1) is 5.70 Å². The molecule has 0 spiro atoms. The number of terminal acetylenes is 1. The summed E-state index contributed by atoms with van der Waals surface area (Å²) in [5.74, 6) is 3.58. The van der Waals surface area contributed by atoms with Gasteiger partial charge in [-0.05, 0) is 162 Å². The summed E-state index contributed by atoms with van der Waals surface area (Å²) in [6.07, 6.45) is 53.1. The maximum absolute atomic E-state index is 6.26.